The van der Waals surface area contributed by atoms with E-state index in [-0.39, 0.29) is 5.78 Å². The molecule has 2 aromatic heterocycles. The van der Waals surface area contributed by atoms with Crippen molar-refractivity contribution < 1.29 is 4.79 Å². The van der Waals surface area contributed by atoms with Crippen LogP contribution in [0.5, 0.6) is 0 Å². The third kappa shape index (κ3) is 4.49. The maximum Gasteiger partial charge on any atom is 0.161 e. The summed E-state index contributed by atoms with van der Waals surface area (Å²) in [6, 6.07) is 23.1. The molecule has 0 amide bonds. The second kappa shape index (κ2) is 9.59. The lowest BCUT2D eigenvalue weighted by atomic mass is 10.0. The molecule has 4 aromatic rings. The zero-order valence-corrected chi connectivity index (χ0v) is 19.7. The molecular formula is C28H29N5O. The van der Waals surface area contributed by atoms with Gasteiger partial charge in [-0.05, 0) is 37.5 Å². The van der Waals surface area contributed by atoms with Gasteiger partial charge in [0.2, 0.25) is 0 Å². The Morgan fingerprint density at radius 1 is 0.941 bits per heavy atom. The molecule has 0 radical (unpaired) electrons. The van der Waals surface area contributed by atoms with Crippen molar-refractivity contribution in [2.24, 2.45) is 0 Å². The van der Waals surface area contributed by atoms with Crippen LogP contribution in [0.25, 0.3) is 10.8 Å². The number of Topliss-reactive ketones (excluding diaryl/α,β-unsaturated/α-hetero) is 1. The summed E-state index contributed by atoms with van der Waals surface area (Å²) in [7, 11) is 2.09. The molecule has 0 bridgehead atoms. The Bertz CT molecular complexity index is 1280. The minimum atomic E-state index is 0.0399. The maximum absolute atomic E-state index is 11.5. The zero-order chi connectivity index (χ0) is 23.5. The number of benzene rings is 2. The quantitative estimate of drug-likeness (QED) is 0.388. The van der Waals surface area contributed by atoms with E-state index in [2.05, 4.69) is 75.5 Å². The zero-order valence-electron chi connectivity index (χ0n) is 19.7. The van der Waals surface area contributed by atoms with Gasteiger partial charge in [0, 0.05) is 55.1 Å². The number of anilines is 2. The highest BCUT2D eigenvalue weighted by Crippen LogP contribution is 2.30. The number of carbonyl (C=O) groups excluding carboxylic acids is 1. The fraction of sp³-hybridized carbons (Fsp3) is 0.286. The molecule has 172 valence electrons. The van der Waals surface area contributed by atoms with Gasteiger partial charge in [-0.2, -0.15) is 5.10 Å². The number of piperidine rings is 1. The molecule has 0 aliphatic carbocycles. The Hall–Kier alpha value is -3.80. The molecule has 1 aliphatic rings. The first-order chi connectivity index (χ1) is 16.6. The average molecular weight is 452 g/mol. The fourth-order valence-corrected chi connectivity index (χ4v) is 4.75. The molecule has 6 heteroatoms. The number of pyridine rings is 1. The maximum atomic E-state index is 11.5. The monoisotopic (exact) mass is 451 g/mol. The highest BCUT2D eigenvalue weighted by atomic mass is 16.1. The summed E-state index contributed by atoms with van der Waals surface area (Å²) in [6.07, 6.45) is 4.46. The van der Waals surface area contributed by atoms with E-state index in [1.165, 1.54) is 10.9 Å². The Labute approximate surface area is 200 Å². The summed E-state index contributed by atoms with van der Waals surface area (Å²) in [6.45, 7) is 3.39. The first kappa shape index (κ1) is 22.0. The van der Waals surface area contributed by atoms with E-state index < -0.39 is 0 Å². The molecule has 0 N–H and O–H groups in total. The van der Waals surface area contributed by atoms with Crippen LogP contribution in [0, 0.1) is 0 Å². The Morgan fingerprint density at radius 2 is 1.65 bits per heavy atom. The molecule has 1 saturated heterocycles. The fourth-order valence-electron chi connectivity index (χ4n) is 4.75. The molecule has 0 unspecified atom stereocenters. The summed E-state index contributed by atoms with van der Waals surface area (Å²) in [5.41, 5.74) is 2.90. The topological polar surface area (TPSA) is 62.2 Å². The van der Waals surface area contributed by atoms with Gasteiger partial charge in [-0.1, -0.05) is 54.6 Å². The van der Waals surface area contributed by atoms with Crippen LogP contribution in [-0.4, -0.2) is 47.1 Å². The van der Waals surface area contributed by atoms with E-state index in [9.17, 15) is 4.79 Å². The van der Waals surface area contributed by atoms with Crippen LogP contribution in [0.3, 0.4) is 0 Å². The highest BCUT2D eigenvalue weighted by molar-refractivity contribution is 5.94. The van der Waals surface area contributed by atoms with Crippen LogP contribution in [-0.2, 0) is 6.42 Å². The van der Waals surface area contributed by atoms with Gasteiger partial charge in [0.05, 0.1) is 5.69 Å². The van der Waals surface area contributed by atoms with Gasteiger partial charge >= 0.3 is 0 Å². The number of aromatic nitrogens is 3. The van der Waals surface area contributed by atoms with E-state index in [1.807, 2.05) is 18.2 Å². The molecule has 0 spiro atoms. The van der Waals surface area contributed by atoms with Crippen molar-refractivity contribution in [2.75, 3.05) is 29.9 Å². The SMILES string of the molecule is CC(=O)c1ccc(N(C)C2CCN(c3nnc(Cc4ccccc4)c4ccccc34)CC2)nc1. The van der Waals surface area contributed by atoms with Crippen molar-refractivity contribution in [2.45, 2.75) is 32.2 Å². The molecule has 1 fully saturated rings. The van der Waals surface area contributed by atoms with Crippen molar-refractivity contribution in [3.8, 4) is 0 Å². The van der Waals surface area contributed by atoms with E-state index >= 15 is 0 Å². The molecule has 34 heavy (non-hydrogen) atoms. The minimum absolute atomic E-state index is 0.0399. The lowest BCUT2D eigenvalue weighted by Gasteiger charge is -2.38. The number of ketones is 1. The number of fused-ring (bicyclic) bond motifs is 1. The summed E-state index contributed by atoms with van der Waals surface area (Å²) in [5, 5.41) is 11.7. The standard InChI is InChI=1S/C28H29N5O/c1-20(34)22-12-13-27(29-19-22)32(2)23-14-16-33(17-15-23)28-25-11-7-6-10-24(25)26(30-31-28)18-21-8-4-3-5-9-21/h3-13,19,23H,14-18H2,1-2H3. The molecule has 0 atom stereocenters. The Morgan fingerprint density at radius 3 is 2.32 bits per heavy atom. The molecule has 2 aromatic carbocycles. The van der Waals surface area contributed by atoms with Crippen molar-refractivity contribution >= 4 is 28.2 Å². The van der Waals surface area contributed by atoms with E-state index in [4.69, 9.17) is 5.10 Å². The molecule has 6 nitrogen and oxygen atoms in total. The lowest BCUT2D eigenvalue weighted by molar-refractivity contribution is 0.101. The first-order valence-corrected chi connectivity index (χ1v) is 11.8. The van der Waals surface area contributed by atoms with Crippen LogP contribution in [0.4, 0.5) is 11.6 Å². The highest BCUT2D eigenvalue weighted by Gasteiger charge is 2.25. The molecule has 0 saturated carbocycles. The Balaban J connectivity index is 1.32. The van der Waals surface area contributed by atoms with Crippen molar-refractivity contribution in [3.05, 3.63) is 89.7 Å². The predicted octanol–water partition coefficient (Wildman–Crippen LogP) is 4.92. The normalized spacial score (nSPS) is 14.4. The van der Waals surface area contributed by atoms with Crippen LogP contribution >= 0.6 is 0 Å². The first-order valence-electron chi connectivity index (χ1n) is 11.8. The number of rotatable bonds is 6. The van der Waals surface area contributed by atoms with Gasteiger partial charge in [-0.25, -0.2) is 4.98 Å². The van der Waals surface area contributed by atoms with Gasteiger partial charge < -0.3 is 9.80 Å². The van der Waals surface area contributed by atoms with Gasteiger partial charge in [0.15, 0.2) is 11.6 Å². The third-order valence-corrected chi connectivity index (χ3v) is 6.79. The summed E-state index contributed by atoms with van der Waals surface area (Å²) in [5.74, 6) is 1.91. The van der Waals surface area contributed by atoms with Crippen LogP contribution in [0.15, 0.2) is 72.9 Å². The third-order valence-electron chi connectivity index (χ3n) is 6.79. The second-order valence-electron chi connectivity index (χ2n) is 8.97. The molecular weight excluding hydrogens is 422 g/mol. The van der Waals surface area contributed by atoms with E-state index in [0.717, 1.165) is 55.1 Å². The largest absolute Gasteiger partial charge is 0.357 e. The number of nitrogens with zero attached hydrogens (tertiary/aromatic N) is 5. The van der Waals surface area contributed by atoms with Crippen molar-refractivity contribution in [1.29, 1.82) is 0 Å². The minimum Gasteiger partial charge on any atom is -0.357 e. The summed E-state index contributed by atoms with van der Waals surface area (Å²) >= 11 is 0. The van der Waals surface area contributed by atoms with Crippen LogP contribution < -0.4 is 9.80 Å². The number of carbonyl (C=O) groups is 1. The number of hydrogen-bond donors (Lipinski definition) is 0. The van der Waals surface area contributed by atoms with E-state index in [0.29, 0.717) is 11.6 Å². The van der Waals surface area contributed by atoms with Crippen LogP contribution in [0.1, 0.15) is 41.4 Å². The second-order valence-corrected chi connectivity index (χ2v) is 8.97. The lowest BCUT2D eigenvalue weighted by Crippen LogP contribution is -2.44. The average Bonchev–Trinajstić information content (AvgIpc) is 2.89. The summed E-state index contributed by atoms with van der Waals surface area (Å²) in [4.78, 5) is 20.6. The predicted molar refractivity (Wildman–Crippen MR) is 137 cm³/mol. The van der Waals surface area contributed by atoms with Crippen LogP contribution in [0.2, 0.25) is 0 Å². The Kier molecular flexibility index (Phi) is 6.21. The smallest absolute Gasteiger partial charge is 0.161 e. The van der Waals surface area contributed by atoms with Gasteiger partial charge in [0.25, 0.3) is 0 Å². The van der Waals surface area contributed by atoms with Crippen molar-refractivity contribution in [1.82, 2.24) is 15.2 Å². The summed E-state index contributed by atoms with van der Waals surface area (Å²) < 4.78 is 0. The molecule has 1 aliphatic heterocycles. The molecule has 3 heterocycles. The van der Waals surface area contributed by atoms with E-state index in [1.54, 1.807) is 13.1 Å². The number of hydrogen-bond acceptors (Lipinski definition) is 6. The van der Waals surface area contributed by atoms with Gasteiger partial charge in [-0.3, -0.25) is 4.79 Å². The van der Waals surface area contributed by atoms with Crippen molar-refractivity contribution in [3.63, 3.8) is 0 Å². The van der Waals surface area contributed by atoms with Gasteiger partial charge in [0.1, 0.15) is 5.82 Å². The van der Waals surface area contributed by atoms with Gasteiger partial charge in [-0.15, -0.1) is 5.10 Å². The molecule has 5 rings (SSSR count).